The highest BCUT2D eigenvalue weighted by molar-refractivity contribution is 5.57. The maximum absolute atomic E-state index is 8.17. The summed E-state index contributed by atoms with van der Waals surface area (Å²) in [6, 6.07) is 0. The maximum Gasteiger partial charge on any atom is 0.0855 e. The Morgan fingerprint density at radius 3 is 2.92 bits per heavy atom. The van der Waals surface area contributed by atoms with E-state index in [1.807, 2.05) is 6.08 Å². The van der Waals surface area contributed by atoms with E-state index >= 15 is 0 Å². The highest BCUT2D eigenvalue weighted by atomic mass is 16.5. The Kier molecular flexibility index (Phi) is 4.54. The van der Waals surface area contributed by atoms with E-state index < -0.39 is 0 Å². The summed E-state index contributed by atoms with van der Waals surface area (Å²) in [6.07, 6.45) is 8.17. The molecule has 1 rings (SSSR count). The second kappa shape index (κ2) is 5.75. The average Bonchev–Trinajstić information content (AvgIpc) is 2.89. The van der Waals surface area contributed by atoms with Gasteiger partial charge in [0, 0.05) is 0 Å². The SMILES string of the molecule is C=CCC(CC1CC1)OC/C=N\O. The zero-order chi connectivity index (χ0) is 9.52. The van der Waals surface area contributed by atoms with Crippen LogP contribution in [0, 0.1) is 5.92 Å². The molecule has 0 bridgehead atoms. The first-order chi connectivity index (χ1) is 6.36. The second-order valence-corrected chi connectivity index (χ2v) is 3.46. The Balaban J connectivity index is 2.14. The minimum Gasteiger partial charge on any atom is -0.411 e. The van der Waals surface area contributed by atoms with Crippen LogP contribution >= 0.6 is 0 Å². The first kappa shape index (κ1) is 10.3. The van der Waals surface area contributed by atoms with Crippen LogP contribution in [0.4, 0.5) is 0 Å². The second-order valence-electron chi connectivity index (χ2n) is 3.46. The highest BCUT2D eigenvalue weighted by Gasteiger charge is 2.25. The lowest BCUT2D eigenvalue weighted by molar-refractivity contribution is 0.0736. The molecule has 74 valence electrons. The summed E-state index contributed by atoms with van der Waals surface area (Å²) in [7, 11) is 0. The molecule has 0 aromatic heterocycles. The van der Waals surface area contributed by atoms with Gasteiger partial charge < -0.3 is 9.94 Å². The monoisotopic (exact) mass is 183 g/mol. The van der Waals surface area contributed by atoms with Gasteiger partial charge in [0.15, 0.2) is 0 Å². The molecule has 3 heteroatoms. The minimum absolute atomic E-state index is 0.253. The Morgan fingerprint density at radius 2 is 2.38 bits per heavy atom. The normalized spacial score (nSPS) is 19.1. The van der Waals surface area contributed by atoms with E-state index in [0.29, 0.717) is 6.61 Å². The molecule has 1 saturated carbocycles. The Bertz CT molecular complexity index is 176. The van der Waals surface area contributed by atoms with Gasteiger partial charge in [-0.1, -0.05) is 24.1 Å². The number of hydrogen-bond donors (Lipinski definition) is 1. The molecule has 3 nitrogen and oxygen atoms in total. The molecule has 13 heavy (non-hydrogen) atoms. The molecule has 0 radical (unpaired) electrons. The molecule has 1 fully saturated rings. The smallest absolute Gasteiger partial charge is 0.0855 e. The summed E-state index contributed by atoms with van der Waals surface area (Å²) in [6.45, 7) is 4.08. The van der Waals surface area contributed by atoms with Crippen LogP contribution < -0.4 is 0 Å². The van der Waals surface area contributed by atoms with Gasteiger partial charge in [-0.2, -0.15) is 0 Å². The van der Waals surface area contributed by atoms with E-state index in [1.165, 1.54) is 19.1 Å². The van der Waals surface area contributed by atoms with Crippen molar-refractivity contribution in [2.75, 3.05) is 6.61 Å². The van der Waals surface area contributed by atoms with Crippen molar-refractivity contribution in [3.63, 3.8) is 0 Å². The zero-order valence-corrected chi connectivity index (χ0v) is 7.85. The van der Waals surface area contributed by atoms with E-state index in [1.54, 1.807) is 0 Å². The molecule has 0 spiro atoms. The topological polar surface area (TPSA) is 41.8 Å². The van der Waals surface area contributed by atoms with Crippen LogP contribution in [0.3, 0.4) is 0 Å². The summed E-state index contributed by atoms with van der Waals surface area (Å²) in [5.41, 5.74) is 0. The van der Waals surface area contributed by atoms with Gasteiger partial charge in [-0.05, 0) is 18.8 Å². The van der Waals surface area contributed by atoms with Crippen molar-refractivity contribution < 1.29 is 9.94 Å². The summed E-state index contributed by atoms with van der Waals surface area (Å²) >= 11 is 0. The molecule has 0 saturated heterocycles. The van der Waals surface area contributed by atoms with E-state index in [9.17, 15) is 0 Å². The molecule has 0 aromatic rings. The Labute approximate surface area is 79.1 Å². The molecule has 1 N–H and O–H groups in total. The maximum atomic E-state index is 8.17. The van der Waals surface area contributed by atoms with Crippen LogP contribution in [-0.4, -0.2) is 24.1 Å². The molecule has 1 atom stereocenters. The minimum atomic E-state index is 0.253. The number of hydrogen-bond acceptors (Lipinski definition) is 3. The standard InChI is InChI=1S/C10H17NO2/c1-2-3-10(8-9-4-5-9)13-7-6-11-12/h2,6,9-10,12H,1,3-5,7-8H2/b11-6-. The fraction of sp³-hybridized carbons (Fsp3) is 0.700. The van der Waals surface area contributed by atoms with Gasteiger partial charge in [-0.25, -0.2) is 0 Å². The quantitative estimate of drug-likeness (QED) is 0.284. The van der Waals surface area contributed by atoms with E-state index in [4.69, 9.17) is 9.94 Å². The predicted molar refractivity (Wildman–Crippen MR) is 52.2 cm³/mol. The van der Waals surface area contributed by atoms with Crippen molar-refractivity contribution in [3.05, 3.63) is 12.7 Å². The summed E-state index contributed by atoms with van der Waals surface area (Å²) in [5.74, 6) is 0.857. The van der Waals surface area contributed by atoms with Crippen LogP contribution in [0.25, 0.3) is 0 Å². The van der Waals surface area contributed by atoms with Gasteiger partial charge in [-0.15, -0.1) is 6.58 Å². The lowest BCUT2D eigenvalue weighted by atomic mass is 10.1. The summed E-state index contributed by atoms with van der Waals surface area (Å²) < 4.78 is 5.49. The zero-order valence-electron chi connectivity index (χ0n) is 7.85. The number of nitrogens with zero attached hydrogens (tertiary/aromatic N) is 1. The molecule has 0 aromatic carbocycles. The summed E-state index contributed by atoms with van der Waals surface area (Å²) in [5, 5.41) is 11.1. The van der Waals surface area contributed by atoms with Crippen LogP contribution in [0.2, 0.25) is 0 Å². The van der Waals surface area contributed by atoms with Crippen LogP contribution in [0.15, 0.2) is 17.8 Å². The predicted octanol–water partition coefficient (Wildman–Crippen LogP) is 2.21. The third-order valence-electron chi connectivity index (χ3n) is 2.21. The van der Waals surface area contributed by atoms with E-state index in [0.717, 1.165) is 18.8 Å². The van der Waals surface area contributed by atoms with Crippen molar-refractivity contribution in [1.29, 1.82) is 0 Å². The molecule has 1 aliphatic rings. The average molecular weight is 183 g/mol. The highest BCUT2D eigenvalue weighted by Crippen LogP contribution is 2.34. The van der Waals surface area contributed by atoms with Gasteiger partial charge in [0.05, 0.1) is 18.9 Å². The molecule has 1 aliphatic carbocycles. The van der Waals surface area contributed by atoms with Crippen molar-refractivity contribution in [1.82, 2.24) is 0 Å². The molecule has 0 aliphatic heterocycles. The lowest BCUT2D eigenvalue weighted by Gasteiger charge is -2.13. The van der Waals surface area contributed by atoms with Crippen LogP contribution in [0.5, 0.6) is 0 Å². The molecule has 0 amide bonds. The molecule has 1 unspecified atom stereocenters. The van der Waals surface area contributed by atoms with Gasteiger partial charge in [0.1, 0.15) is 0 Å². The molecule has 0 heterocycles. The summed E-state index contributed by atoms with van der Waals surface area (Å²) in [4.78, 5) is 0. The van der Waals surface area contributed by atoms with Crippen LogP contribution in [0.1, 0.15) is 25.7 Å². The van der Waals surface area contributed by atoms with Gasteiger partial charge in [0.25, 0.3) is 0 Å². The largest absolute Gasteiger partial charge is 0.411 e. The number of oxime groups is 1. The van der Waals surface area contributed by atoms with Crippen molar-refractivity contribution in [2.45, 2.75) is 31.8 Å². The van der Waals surface area contributed by atoms with Crippen molar-refractivity contribution >= 4 is 6.21 Å². The van der Waals surface area contributed by atoms with E-state index in [2.05, 4.69) is 11.7 Å². The number of rotatable bonds is 7. The molecular formula is C10H17NO2. The third-order valence-corrected chi connectivity index (χ3v) is 2.21. The van der Waals surface area contributed by atoms with Crippen molar-refractivity contribution in [2.24, 2.45) is 11.1 Å². The van der Waals surface area contributed by atoms with Crippen molar-refractivity contribution in [3.8, 4) is 0 Å². The van der Waals surface area contributed by atoms with Gasteiger partial charge in [-0.3, -0.25) is 0 Å². The first-order valence-electron chi connectivity index (χ1n) is 4.75. The van der Waals surface area contributed by atoms with Crippen LogP contribution in [-0.2, 0) is 4.74 Å². The fourth-order valence-corrected chi connectivity index (χ4v) is 1.36. The lowest BCUT2D eigenvalue weighted by Crippen LogP contribution is -2.14. The fourth-order valence-electron chi connectivity index (χ4n) is 1.36. The first-order valence-corrected chi connectivity index (χ1v) is 4.75. The Hall–Kier alpha value is -0.830. The van der Waals surface area contributed by atoms with E-state index in [-0.39, 0.29) is 6.10 Å². The Morgan fingerprint density at radius 1 is 1.62 bits per heavy atom. The van der Waals surface area contributed by atoms with Gasteiger partial charge in [0.2, 0.25) is 0 Å². The third kappa shape index (κ3) is 4.68. The number of ether oxygens (including phenoxy) is 1. The molecular weight excluding hydrogens is 166 g/mol. The van der Waals surface area contributed by atoms with Gasteiger partial charge >= 0.3 is 0 Å².